The summed E-state index contributed by atoms with van der Waals surface area (Å²) in [6, 6.07) is 0. The first kappa shape index (κ1) is 10.7. The lowest BCUT2D eigenvalue weighted by Crippen LogP contribution is -2.21. The van der Waals surface area contributed by atoms with Gasteiger partial charge in [0.15, 0.2) is 0 Å². The highest BCUT2D eigenvalue weighted by Gasteiger charge is 1.78. The fraction of sp³-hybridized carbons (Fsp3) is 0. The summed E-state index contributed by atoms with van der Waals surface area (Å²) in [6.07, 6.45) is 0. The normalized spacial score (nSPS) is 9.25. The highest BCUT2D eigenvalue weighted by molar-refractivity contribution is 7.86. The van der Waals surface area contributed by atoms with Gasteiger partial charge in [-0.1, -0.05) is 11.6 Å². The molecular weight excluding hydrogens is 156 g/mol. The molecule has 0 saturated heterocycles. The second-order valence-corrected chi connectivity index (χ2v) is 1.99. The first-order valence-electron chi connectivity index (χ1n) is 1.17. The predicted molar refractivity (Wildman–Crippen MR) is 27.4 cm³/mol. The van der Waals surface area contributed by atoms with E-state index >= 15 is 0 Å². The molecule has 0 bridgehead atoms. The topological polar surface area (TPSA) is 120 Å². The van der Waals surface area contributed by atoms with Crippen molar-refractivity contribution in [2.45, 2.75) is 0 Å². The smallest absolute Gasteiger partial charge is 0.271 e. The summed E-state index contributed by atoms with van der Waals surface area (Å²) in [5.74, 6) is 0. The highest BCUT2D eigenvalue weighted by Crippen LogP contribution is 1.40. The minimum absolute atomic E-state index is 1.08. The molecule has 4 N–H and O–H groups in total. The average Bonchev–Trinajstić information content (AvgIpc) is 1.27. The third-order valence-electron chi connectivity index (χ3n) is 0. The maximum Gasteiger partial charge on any atom is 0.271 e. The van der Waals surface area contributed by atoms with Crippen molar-refractivity contribution in [3.63, 3.8) is 0 Å². The van der Waals surface area contributed by atoms with Crippen LogP contribution in [0.3, 0.4) is 0 Å². The number of rotatable bonds is 0. The van der Waals surface area contributed by atoms with Gasteiger partial charge in [-0.15, -0.1) is 0 Å². The predicted octanol–water partition coefficient (Wildman–Crippen LogP) is -2.36. The van der Waals surface area contributed by atoms with Crippen LogP contribution in [0, 0.1) is 0 Å². The molecule has 0 radical (unpaired) electrons. The van der Waals surface area contributed by atoms with E-state index in [4.69, 9.17) is 8.42 Å². The van der Waals surface area contributed by atoms with Gasteiger partial charge in [0.2, 0.25) is 0 Å². The Morgan fingerprint density at radius 3 is 1.12 bits per heavy atom. The molecular formula is H5N2O4S2-. The van der Waals surface area contributed by atoms with Crippen LogP contribution in [0.2, 0.25) is 0 Å². The molecule has 0 atom stereocenters. The van der Waals surface area contributed by atoms with Gasteiger partial charge in [0.1, 0.15) is 0 Å². The van der Waals surface area contributed by atoms with E-state index in [1.807, 2.05) is 0 Å². The van der Waals surface area contributed by atoms with Crippen LogP contribution >= 0.6 is 0 Å². The van der Waals surface area contributed by atoms with E-state index in [9.17, 15) is 8.42 Å². The van der Waals surface area contributed by atoms with Gasteiger partial charge in [-0.25, -0.2) is 10.3 Å². The third kappa shape index (κ3) is 4170. The molecule has 0 aromatic heterocycles. The standard InChI is InChI=1S/H4N2O2S.HO2S/c1-5(2,3)4;1-3-2/h(H4,1,2,3,4);3H/q;-1. The summed E-state index contributed by atoms with van der Waals surface area (Å²) in [6.45, 7) is 0. The lowest BCUT2D eigenvalue weighted by molar-refractivity contribution is 0.541. The van der Waals surface area contributed by atoms with E-state index < -0.39 is 21.8 Å². The first-order valence-corrected chi connectivity index (χ1v) is 3.51. The van der Waals surface area contributed by atoms with Crippen LogP contribution in [0.4, 0.5) is 0 Å². The Morgan fingerprint density at radius 2 is 1.12 bits per heavy atom. The van der Waals surface area contributed by atoms with Gasteiger partial charge >= 0.3 is 0 Å². The van der Waals surface area contributed by atoms with E-state index in [0.717, 1.165) is 0 Å². The van der Waals surface area contributed by atoms with Gasteiger partial charge in [-0.05, 0) is 0 Å². The molecule has 0 aromatic rings. The molecule has 8 heavy (non-hydrogen) atoms. The average molecular weight is 161 g/mol. The van der Waals surface area contributed by atoms with E-state index in [1.165, 1.54) is 0 Å². The number of nitrogens with two attached hydrogens (primary N) is 2. The first-order chi connectivity index (χ1) is 3.41. The lowest BCUT2D eigenvalue weighted by atomic mass is 13.9. The molecule has 0 spiro atoms. The zero-order valence-corrected chi connectivity index (χ0v) is 5.35. The molecule has 0 amide bonds. The Hall–Kier alpha value is -0.180. The molecule has 52 valence electrons. The van der Waals surface area contributed by atoms with Crippen LogP contribution in [-0.4, -0.2) is 8.42 Å². The van der Waals surface area contributed by atoms with Crippen LogP contribution in [0.25, 0.3) is 0 Å². The van der Waals surface area contributed by atoms with Crippen molar-refractivity contribution in [1.29, 1.82) is 0 Å². The minimum atomic E-state index is -3.67. The molecule has 0 heterocycles. The molecule has 8 heteroatoms. The Kier molecular flexibility index (Phi) is 6.67. The maximum atomic E-state index is 9.19. The van der Waals surface area contributed by atoms with Crippen LogP contribution in [0.1, 0.15) is 0 Å². The molecule has 0 aliphatic carbocycles. The van der Waals surface area contributed by atoms with Crippen LogP contribution in [0.5, 0.6) is 0 Å². The van der Waals surface area contributed by atoms with Gasteiger partial charge in [-0.2, -0.15) is 8.42 Å². The van der Waals surface area contributed by atoms with Crippen LogP contribution < -0.4 is 10.3 Å². The maximum absolute atomic E-state index is 9.19. The summed E-state index contributed by atoms with van der Waals surface area (Å²) in [5, 5.41) is 8.21. The number of thiol groups is 1. The highest BCUT2D eigenvalue weighted by atomic mass is 32.2. The van der Waals surface area contributed by atoms with Crippen molar-refractivity contribution in [2.75, 3.05) is 0 Å². The van der Waals surface area contributed by atoms with E-state index in [0.29, 0.717) is 0 Å². The third-order valence-corrected chi connectivity index (χ3v) is 0. The zero-order chi connectivity index (χ0) is 7.21. The van der Waals surface area contributed by atoms with Gasteiger partial charge in [0.25, 0.3) is 10.2 Å². The summed E-state index contributed by atoms with van der Waals surface area (Å²) in [4.78, 5) is 0. The quantitative estimate of drug-likeness (QED) is 0.305. The van der Waals surface area contributed by atoms with E-state index in [2.05, 4.69) is 10.3 Å². The molecule has 0 aromatic carbocycles. The largest absolute Gasteiger partial charge is 0.427 e. The molecule has 0 unspecified atom stereocenters. The van der Waals surface area contributed by atoms with Crippen molar-refractivity contribution in [3.8, 4) is 0 Å². The van der Waals surface area contributed by atoms with E-state index in [-0.39, 0.29) is 0 Å². The summed E-state index contributed by atoms with van der Waals surface area (Å²) >= 11 is -1.08. The minimum Gasteiger partial charge on any atom is -0.427 e. The Morgan fingerprint density at radius 1 is 1.12 bits per heavy atom. The van der Waals surface area contributed by atoms with Gasteiger partial charge in [0.05, 0.1) is 0 Å². The fourth-order valence-electron chi connectivity index (χ4n) is 0. The fourth-order valence-corrected chi connectivity index (χ4v) is 0. The Labute approximate surface area is 49.6 Å². The molecule has 6 nitrogen and oxygen atoms in total. The zero-order valence-electron chi connectivity index (χ0n) is 3.64. The van der Waals surface area contributed by atoms with Crippen LogP contribution in [-0.2, 0) is 30.2 Å². The van der Waals surface area contributed by atoms with Crippen molar-refractivity contribution in [3.05, 3.63) is 0 Å². The number of hydrogen-bond donors (Lipinski definition) is 2. The van der Waals surface area contributed by atoms with Crippen LogP contribution in [0.15, 0.2) is 0 Å². The van der Waals surface area contributed by atoms with Gasteiger partial charge in [-0.3, -0.25) is 0 Å². The van der Waals surface area contributed by atoms with E-state index in [1.54, 1.807) is 0 Å². The summed E-state index contributed by atoms with van der Waals surface area (Å²) in [5.41, 5.74) is 0. The molecule has 0 rings (SSSR count). The number of hydrogen-bond acceptors (Lipinski definition) is 5. The van der Waals surface area contributed by atoms with Crippen molar-refractivity contribution in [2.24, 2.45) is 10.3 Å². The van der Waals surface area contributed by atoms with Crippen molar-refractivity contribution in [1.82, 2.24) is 0 Å². The summed E-state index contributed by atoms with van der Waals surface area (Å²) in [7, 11) is -3.67. The molecule has 0 saturated carbocycles. The van der Waals surface area contributed by atoms with Crippen molar-refractivity contribution >= 4 is 21.8 Å². The monoisotopic (exact) mass is 161 g/mol. The van der Waals surface area contributed by atoms with Gasteiger partial charge in [0, 0.05) is 0 Å². The Balaban J connectivity index is 0. The molecule has 0 aliphatic heterocycles. The SMILES string of the molecule is NS(N)(=O)=O.O=[SH-]=O. The lowest BCUT2D eigenvalue weighted by Gasteiger charge is -1.72. The summed E-state index contributed by atoms with van der Waals surface area (Å²) < 4.78 is 35.1. The molecule has 0 aliphatic rings. The van der Waals surface area contributed by atoms with Gasteiger partial charge < -0.3 is 8.42 Å². The second kappa shape index (κ2) is 4.97. The Bertz CT molecular complexity index is 152. The molecule has 0 fully saturated rings. The second-order valence-electron chi connectivity index (χ2n) is 0.664. The van der Waals surface area contributed by atoms with Crippen molar-refractivity contribution < 1.29 is 16.8 Å².